The van der Waals surface area contributed by atoms with Crippen LogP contribution < -0.4 is 5.73 Å². The summed E-state index contributed by atoms with van der Waals surface area (Å²) >= 11 is 6.77. The first-order valence-electron chi connectivity index (χ1n) is 5.24. The van der Waals surface area contributed by atoms with Gasteiger partial charge in [-0.1, -0.05) is 44.0 Å². The highest BCUT2D eigenvalue weighted by molar-refractivity contribution is 9.10. The number of anilines is 1. The van der Waals surface area contributed by atoms with E-state index in [4.69, 9.17) is 5.73 Å². The van der Waals surface area contributed by atoms with Crippen LogP contribution in [-0.2, 0) is 16.6 Å². The molecule has 5 heteroatoms. The van der Waals surface area contributed by atoms with Crippen LogP contribution in [-0.4, -0.2) is 4.21 Å². The molecule has 2 aromatic carbocycles. The van der Waals surface area contributed by atoms with Crippen LogP contribution in [0, 0.1) is 0 Å². The lowest BCUT2D eigenvalue weighted by molar-refractivity contribution is 0.683. The van der Waals surface area contributed by atoms with Gasteiger partial charge < -0.3 is 5.73 Å². The molecular formula is C13H11Br2NOS. The molecule has 94 valence electrons. The number of nitrogens with two attached hydrogens (primary N) is 1. The van der Waals surface area contributed by atoms with Crippen molar-refractivity contribution in [3.05, 3.63) is 57.0 Å². The van der Waals surface area contributed by atoms with Crippen molar-refractivity contribution in [1.82, 2.24) is 0 Å². The molecule has 0 bridgehead atoms. The van der Waals surface area contributed by atoms with Gasteiger partial charge in [-0.2, -0.15) is 0 Å². The Kier molecular flexibility index (Phi) is 4.59. The predicted molar refractivity (Wildman–Crippen MR) is 82.8 cm³/mol. The predicted octanol–water partition coefficient (Wildman–Crippen LogP) is 4.10. The van der Waals surface area contributed by atoms with Crippen LogP contribution in [0.4, 0.5) is 5.69 Å². The van der Waals surface area contributed by atoms with Gasteiger partial charge in [0.2, 0.25) is 0 Å². The Labute approximate surface area is 125 Å². The van der Waals surface area contributed by atoms with E-state index in [-0.39, 0.29) is 0 Å². The quantitative estimate of drug-likeness (QED) is 0.804. The van der Waals surface area contributed by atoms with Gasteiger partial charge in [0.25, 0.3) is 0 Å². The van der Waals surface area contributed by atoms with Crippen molar-refractivity contribution in [1.29, 1.82) is 0 Å². The summed E-state index contributed by atoms with van der Waals surface area (Å²) in [5.41, 5.74) is 7.43. The standard InChI is InChI=1S/C13H11Br2NOS/c14-10-3-1-2-9(6-10)8-18(17)13-7-11(15)4-5-12(13)16/h1-7H,8,16H2. The van der Waals surface area contributed by atoms with Crippen LogP contribution in [0.25, 0.3) is 0 Å². The number of hydrogen-bond donors (Lipinski definition) is 1. The minimum Gasteiger partial charge on any atom is -0.398 e. The van der Waals surface area contributed by atoms with Gasteiger partial charge in [0.1, 0.15) is 0 Å². The zero-order chi connectivity index (χ0) is 13.1. The van der Waals surface area contributed by atoms with Gasteiger partial charge in [0, 0.05) is 14.6 Å². The van der Waals surface area contributed by atoms with E-state index in [2.05, 4.69) is 31.9 Å². The highest BCUT2D eigenvalue weighted by Crippen LogP contribution is 2.24. The maximum atomic E-state index is 12.3. The third kappa shape index (κ3) is 3.43. The fourth-order valence-corrected chi connectivity index (χ4v) is 3.75. The van der Waals surface area contributed by atoms with Crippen LogP contribution in [0.1, 0.15) is 5.56 Å². The SMILES string of the molecule is Nc1ccc(Br)cc1S(=O)Cc1cccc(Br)c1. The van der Waals surface area contributed by atoms with E-state index in [9.17, 15) is 4.21 Å². The maximum absolute atomic E-state index is 12.3. The van der Waals surface area contributed by atoms with Gasteiger partial charge in [0.05, 0.1) is 21.4 Å². The molecule has 0 heterocycles. The summed E-state index contributed by atoms with van der Waals surface area (Å²) in [5.74, 6) is 0.458. The molecule has 0 fully saturated rings. The third-order valence-electron chi connectivity index (χ3n) is 2.41. The van der Waals surface area contributed by atoms with Crippen molar-refractivity contribution in [3.8, 4) is 0 Å². The molecule has 0 radical (unpaired) electrons. The Morgan fingerprint density at radius 3 is 2.50 bits per heavy atom. The van der Waals surface area contributed by atoms with Crippen molar-refractivity contribution in [2.75, 3.05) is 5.73 Å². The van der Waals surface area contributed by atoms with Gasteiger partial charge in [-0.15, -0.1) is 0 Å². The average Bonchev–Trinajstić information content (AvgIpc) is 2.32. The number of benzene rings is 2. The maximum Gasteiger partial charge on any atom is 0.0632 e. The van der Waals surface area contributed by atoms with Crippen LogP contribution in [0.3, 0.4) is 0 Å². The zero-order valence-electron chi connectivity index (χ0n) is 9.40. The van der Waals surface area contributed by atoms with Crippen LogP contribution in [0.5, 0.6) is 0 Å². The molecule has 2 rings (SSSR count). The molecule has 0 aliphatic rings. The van der Waals surface area contributed by atoms with E-state index in [0.29, 0.717) is 16.3 Å². The van der Waals surface area contributed by atoms with E-state index < -0.39 is 10.8 Å². The highest BCUT2D eigenvalue weighted by atomic mass is 79.9. The minimum absolute atomic E-state index is 0.458. The summed E-state index contributed by atoms with van der Waals surface area (Å²) in [5, 5.41) is 0. The Morgan fingerprint density at radius 2 is 1.78 bits per heavy atom. The molecule has 0 spiro atoms. The summed E-state index contributed by atoms with van der Waals surface area (Å²) in [6.45, 7) is 0. The summed E-state index contributed by atoms with van der Waals surface area (Å²) in [6.07, 6.45) is 0. The van der Waals surface area contributed by atoms with Gasteiger partial charge in [-0.25, -0.2) is 0 Å². The molecule has 0 amide bonds. The lowest BCUT2D eigenvalue weighted by Gasteiger charge is -2.07. The molecule has 1 atom stereocenters. The van der Waals surface area contributed by atoms with E-state index in [0.717, 1.165) is 14.5 Å². The number of nitrogen functional groups attached to an aromatic ring is 1. The lowest BCUT2D eigenvalue weighted by Crippen LogP contribution is -2.01. The van der Waals surface area contributed by atoms with Crippen LogP contribution in [0.15, 0.2) is 56.3 Å². The molecule has 2 nitrogen and oxygen atoms in total. The Hall–Kier alpha value is -0.650. The molecule has 18 heavy (non-hydrogen) atoms. The smallest absolute Gasteiger partial charge is 0.0632 e. The average molecular weight is 389 g/mol. The molecule has 2 N–H and O–H groups in total. The molecule has 0 saturated heterocycles. The molecule has 2 aromatic rings. The van der Waals surface area contributed by atoms with Crippen molar-refractivity contribution in [2.24, 2.45) is 0 Å². The highest BCUT2D eigenvalue weighted by Gasteiger charge is 2.09. The second-order valence-corrected chi connectivity index (χ2v) is 7.05. The fraction of sp³-hybridized carbons (Fsp3) is 0.0769. The van der Waals surface area contributed by atoms with Crippen molar-refractivity contribution >= 4 is 48.3 Å². The number of hydrogen-bond acceptors (Lipinski definition) is 2. The Morgan fingerprint density at radius 1 is 1.06 bits per heavy atom. The summed E-state index contributed by atoms with van der Waals surface area (Å²) < 4.78 is 14.2. The summed E-state index contributed by atoms with van der Waals surface area (Å²) in [4.78, 5) is 0.671. The molecule has 0 aromatic heterocycles. The first-order valence-corrected chi connectivity index (χ1v) is 8.14. The number of rotatable bonds is 3. The third-order valence-corrected chi connectivity index (χ3v) is 4.83. The van der Waals surface area contributed by atoms with Gasteiger partial charge in [0.15, 0.2) is 0 Å². The van der Waals surface area contributed by atoms with Crippen molar-refractivity contribution in [3.63, 3.8) is 0 Å². The fourth-order valence-electron chi connectivity index (χ4n) is 1.56. The second-order valence-electron chi connectivity index (χ2n) is 3.80. The van der Waals surface area contributed by atoms with Gasteiger partial charge in [-0.3, -0.25) is 4.21 Å². The first-order chi connectivity index (χ1) is 8.56. The second kappa shape index (κ2) is 5.99. The van der Waals surface area contributed by atoms with Crippen molar-refractivity contribution in [2.45, 2.75) is 10.6 Å². The molecule has 0 aliphatic carbocycles. The summed E-state index contributed by atoms with van der Waals surface area (Å²) in [7, 11) is -1.14. The first kappa shape index (κ1) is 13.8. The molecule has 1 unspecified atom stereocenters. The molecule has 0 aliphatic heterocycles. The largest absolute Gasteiger partial charge is 0.398 e. The van der Waals surface area contributed by atoms with Gasteiger partial charge in [-0.05, 0) is 35.9 Å². The van der Waals surface area contributed by atoms with Crippen LogP contribution >= 0.6 is 31.9 Å². The van der Waals surface area contributed by atoms with E-state index in [1.54, 1.807) is 6.07 Å². The van der Waals surface area contributed by atoms with E-state index in [1.165, 1.54) is 0 Å². The lowest BCUT2D eigenvalue weighted by atomic mass is 10.2. The molecular weight excluding hydrogens is 378 g/mol. The summed E-state index contributed by atoms with van der Waals surface area (Å²) in [6, 6.07) is 13.2. The minimum atomic E-state index is -1.14. The Bertz CT molecular complexity index is 601. The van der Waals surface area contributed by atoms with E-state index >= 15 is 0 Å². The van der Waals surface area contributed by atoms with Crippen LogP contribution in [0.2, 0.25) is 0 Å². The number of halogens is 2. The van der Waals surface area contributed by atoms with Crippen molar-refractivity contribution < 1.29 is 4.21 Å². The topological polar surface area (TPSA) is 43.1 Å². The van der Waals surface area contributed by atoms with Gasteiger partial charge >= 0.3 is 0 Å². The van der Waals surface area contributed by atoms with E-state index in [1.807, 2.05) is 36.4 Å². The monoisotopic (exact) mass is 387 g/mol. The normalized spacial score (nSPS) is 12.3. The Balaban J connectivity index is 2.24. The zero-order valence-corrected chi connectivity index (χ0v) is 13.4. The molecule has 0 saturated carbocycles.